The number of anilines is 1. The van der Waals surface area contributed by atoms with Crippen LogP contribution in [0.2, 0.25) is 0 Å². The first-order valence-electron chi connectivity index (χ1n) is 5.39. The molecule has 0 aliphatic rings. The van der Waals surface area contributed by atoms with Crippen molar-refractivity contribution in [2.24, 2.45) is 0 Å². The third-order valence-electron chi connectivity index (χ3n) is 2.45. The Balaban J connectivity index is 2.23. The minimum Gasteiger partial charge on any atom is -0.367 e. The van der Waals surface area contributed by atoms with E-state index < -0.39 is 0 Å². The van der Waals surface area contributed by atoms with Gasteiger partial charge in [-0.15, -0.1) is 11.6 Å². The van der Waals surface area contributed by atoms with E-state index in [1.807, 2.05) is 23.7 Å². The van der Waals surface area contributed by atoms with Crippen LogP contribution in [0, 0.1) is 6.92 Å². The summed E-state index contributed by atoms with van der Waals surface area (Å²) in [6.45, 7) is 4.75. The number of hydrogen-bond acceptors (Lipinski definition) is 3. The molecule has 0 aliphatic carbocycles. The number of halogens is 1. The molecule has 0 bridgehead atoms. The third-order valence-corrected chi connectivity index (χ3v) is 2.91. The molecule has 2 aromatic rings. The van der Waals surface area contributed by atoms with Crippen molar-refractivity contribution >= 4 is 22.9 Å². The Morgan fingerprint density at radius 2 is 2.38 bits per heavy atom. The molecule has 2 rings (SSSR count). The standard InChI is InChI=1S/C11H15ClN4/c1-3-9(12)7-14-11-10-6-8(2)15-16(10)5-4-13-11/h4-6,9H,3,7H2,1-2H3,(H,13,14). The van der Waals surface area contributed by atoms with Crippen LogP contribution in [0.25, 0.3) is 5.52 Å². The fourth-order valence-electron chi connectivity index (χ4n) is 1.53. The van der Waals surface area contributed by atoms with E-state index in [2.05, 4.69) is 22.3 Å². The second-order valence-electron chi connectivity index (χ2n) is 3.78. The topological polar surface area (TPSA) is 42.2 Å². The molecule has 0 saturated carbocycles. The number of alkyl halides is 1. The number of nitrogens with one attached hydrogen (secondary N) is 1. The molecule has 2 heterocycles. The fourth-order valence-corrected chi connectivity index (χ4v) is 1.61. The molecule has 0 fully saturated rings. The Morgan fingerprint density at radius 3 is 3.12 bits per heavy atom. The SMILES string of the molecule is CCC(Cl)CNc1nccn2nc(C)cc12. The molecule has 0 spiro atoms. The zero-order chi connectivity index (χ0) is 11.5. The van der Waals surface area contributed by atoms with Crippen molar-refractivity contribution in [2.75, 3.05) is 11.9 Å². The summed E-state index contributed by atoms with van der Waals surface area (Å²) in [4.78, 5) is 4.30. The minimum absolute atomic E-state index is 0.131. The van der Waals surface area contributed by atoms with Crippen LogP contribution >= 0.6 is 11.6 Å². The Bertz CT molecular complexity index is 480. The molecule has 0 aliphatic heterocycles. The Labute approximate surface area is 99.6 Å². The summed E-state index contributed by atoms with van der Waals surface area (Å²) in [6.07, 6.45) is 4.51. The van der Waals surface area contributed by atoms with Gasteiger partial charge in [-0.05, 0) is 19.4 Å². The number of aromatic nitrogens is 3. The summed E-state index contributed by atoms with van der Waals surface area (Å²) in [7, 11) is 0. The third kappa shape index (κ3) is 2.27. The highest BCUT2D eigenvalue weighted by Crippen LogP contribution is 2.15. The van der Waals surface area contributed by atoms with Crippen LogP contribution in [0.5, 0.6) is 0 Å². The van der Waals surface area contributed by atoms with Gasteiger partial charge in [0, 0.05) is 18.9 Å². The second kappa shape index (κ2) is 4.70. The lowest BCUT2D eigenvalue weighted by molar-refractivity contribution is 0.838. The number of hydrogen-bond donors (Lipinski definition) is 1. The molecule has 0 saturated heterocycles. The molecule has 0 amide bonds. The van der Waals surface area contributed by atoms with Crippen molar-refractivity contribution in [2.45, 2.75) is 25.6 Å². The molecular weight excluding hydrogens is 224 g/mol. The Morgan fingerprint density at radius 1 is 1.56 bits per heavy atom. The first-order valence-corrected chi connectivity index (χ1v) is 5.83. The first kappa shape index (κ1) is 11.2. The number of nitrogens with zero attached hydrogens (tertiary/aromatic N) is 3. The molecule has 1 unspecified atom stereocenters. The van der Waals surface area contributed by atoms with Gasteiger partial charge in [0.15, 0.2) is 5.82 Å². The van der Waals surface area contributed by atoms with Crippen molar-refractivity contribution in [1.29, 1.82) is 0 Å². The number of fused-ring (bicyclic) bond motifs is 1. The lowest BCUT2D eigenvalue weighted by Crippen LogP contribution is -2.14. The van der Waals surface area contributed by atoms with Crippen LogP contribution in [0.15, 0.2) is 18.5 Å². The molecule has 2 aromatic heterocycles. The summed E-state index contributed by atoms with van der Waals surface area (Å²) < 4.78 is 1.82. The monoisotopic (exact) mass is 238 g/mol. The van der Waals surface area contributed by atoms with Gasteiger partial charge in [-0.2, -0.15) is 5.10 Å². The van der Waals surface area contributed by atoms with E-state index >= 15 is 0 Å². The zero-order valence-electron chi connectivity index (χ0n) is 9.44. The van der Waals surface area contributed by atoms with Gasteiger partial charge in [0.2, 0.25) is 0 Å². The second-order valence-corrected chi connectivity index (χ2v) is 4.40. The number of rotatable bonds is 4. The number of aryl methyl sites for hydroxylation is 1. The van der Waals surface area contributed by atoms with Gasteiger partial charge in [0.05, 0.1) is 11.1 Å². The van der Waals surface area contributed by atoms with Crippen molar-refractivity contribution in [1.82, 2.24) is 14.6 Å². The van der Waals surface area contributed by atoms with E-state index in [1.54, 1.807) is 6.20 Å². The maximum absolute atomic E-state index is 6.06. The van der Waals surface area contributed by atoms with E-state index in [-0.39, 0.29) is 5.38 Å². The van der Waals surface area contributed by atoms with Gasteiger partial charge in [0.25, 0.3) is 0 Å². The van der Waals surface area contributed by atoms with Gasteiger partial charge in [-0.3, -0.25) is 0 Å². The van der Waals surface area contributed by atoms with Crippen molar-refractivity contribution < 1.29 is 0 Å². The lowest BCUT2D eigenvalue weighted by Gasteiger charge is -2.09. The highest BCUT2D eigenvalue weighted by molar-refractivity contribution is 6.20. The average molecular weight is 239 g/mol. The van der Waals surface area contributed by atoms with Crippen molar-refractivity contribution in [3.8, 4) is 0 Å². The Hall–Kier alpha value is -1.29. The zero-order valence-corrected chi connectivity index (χ0v) is 10.2. The van der Waals surface area contributed by atoms with Crippen LogP contribution in [0.4, 0.5) is 5.82 Å². The van der Waals surface area contributed by atoms with Crippen molar-refractivity contribution in [3.63, 3.8) is 0 Å². The molecule has 4 nitrogen and oxygen atoms in total. The molecule has 5 heteroatoms. The molecular formula is C11H15ClN4. The van der Waals surface area contributed by atoms with Crippen LogP contribution in [0.3, 0.4) is 0 Å². The summed E-state index contributed by atoms with van der Waals surface area (Å²) >= 11 is 6.06. The van der Waals surface area contributed by atoms with E-state index in [1.165, 1.54) is 0 Å². The molecule has 1 N–H and O–H groups in total. The predicted octanol–water partition coefficient (Wildman–Crippen LogP) is 2.47. The summed E-state index contributed by atoms with van der Waals surface area (Å²) in [5.41, 5.74) is 1.97. The lowest BCUT2D eigenvalue weighted by atomic mass is 10.3. The van der Waals surface area contributed by atoms with Crippen LogP contribution in [-0.2, 0) is 0 Å². The van der Waals surface area contributed by atoms with E-state index in [0.717, 1.165) is 30.0 Å². The van der Waals surface area contributed by atoms with Crippen LogP contribution in [0.1, 0.15) is 19.0 Å². The van der Waals surface area contributed by atoms with Crippen LogP contribution < -0.4 is 5.32 Å². The van der Waals surface area contributed by atoms with Crippen LogP contribution in [-0.4, -0.2) is 26.5 Å². The van der Waals surface area contributed by atoms with Gasteiger partial charge in [0.1, 0.15) is 5.52 Å². The smallest absolute Gasteiger partial charge is 0.152 e. The van der Waals surface area contributed by atoms with Gasteiger partial charge in [-0.25, -0.2) is 9.50 Å². The molecule has 0 radical (unpaired) electrons. The maximum atomic E-state index is 6.06. The first-order chi connectivity index (χ1) is 7.70. The normalized spacial score (nSPS) is 12.9. The summed E-state index contributed by atoms with van der Waals surface area (Å²) in [5.74, 6) is 0.835. The molecule has 16 heavy (non-hydrogen) atoms. The van der Waals surface area contributed by atoms with Gasteiger partial charge < -0.3 is 5.32 Å². The maximum Gasteiger partial charge on any atom is 0.152 e. The highest BCUT2D eigenvalue weighted by Gasteiger charge is 2.06. The summed E-state index contributed by atoms with van der Waals surface area (Å²) in [6, 6.07) is 2.00. The van der Waals surface area contributed by atoms with Crippen molar-refractivity contribution in [3.05, 3.63) is 24.2 Å². The van der Waals surface area contributed by atoms with Gasteiger partial charge in [-0.1, -0.05) is 6.92 Å². The quantitative estimate of drug-likeness (QED) is 0.833. The fraction of sp³-hybridized carbons (Fsp3) is 0.455. The average Bonchev–Trinajstić information content (AvgIpc) is 2.66. The largest absolute Gasteiger partial charge is 0.367 e. The van der Waals surface area contributed by atoms with E-state index in [0.29, 0.717) is 0 Å². The van der Waals surface area contributed by atoms with E-state index in [9.17, 15) is 0 Å². The predicted molar refractivity (Wildman–Crippen MR) is 66.1 cm³/mol. The summed E-state index contributed by atoms with van der Waals surface area (Å²) in [5, 5.41) is 7.70. The van der Waals surface area contributed by atoms with E-state index in [4.69, 9.17) is 11.6 Å². The van der Waals surface area contributed by atoms with Gasteiger partial charge >= 0.3 is 0 Å². The molecule has 86 valence electrons. The Kier molecular flexibility index (Phi) is 3.29. The molecule has 0 aromatic carbocycles. The highest BCUT2D eigenvalue weighted by atomic mass is 35.5. The minimum atomic E-state index is 0.131. The molecule has 1 atom stereocenters.